The van der Waals surface area contributed by atoms with Crippen molar-refractivity contribution in [3.8, 4) is 11.4 Å². The van der Waals surface area contributed by atoms with Crippen LogP contribution in [0.15, 0.2) is 53.7 Å². The topological polar surface area (TPSA) is 59.8 Å². The van der Waals surface area contributed by atoms with Gasteiger partial charge >= 0.3 is 0 Å². The summed E-state index contributed by atoms with van der Waals surface area (Å²) in [6.07, 6.45) is 1.01. The number of thioether (sulfide) groups is 1. The lowest BCUT2D eigenvalue weighted by atomic mass is 10.1. The summed E-state index contributed by atoms with van der Waals surface area (Å²) in [5.74, 6) is 0.906. The van der Waals surface area contributed by atoms with Crippen LogP contribution < -0.4 is 5.32 Å². The monoisotopic (exact) mass is 414 g/mol. The summed E-state index contributed by atoms with van der Waals surface area (Å²) in [5.41, 5.74) is 3.20. The van der Waals surface area contributed by atoms with Crippen LogP contribution >= 0.6 is 23.4 Å². The summed E-state index contributed by atoms with van der Waals surface area (Å²) >= 11 is 7.60. The maximum atomic E-state index is 12.4. The average molecular weight is 415 g/mol. The van der Waals surface area contributed by atoms with Crippen LogP contribution in [-0.2, 0) is 18.3 Å². The standard InChI is InChI=1S/C21H23ClN4OS/c1-4-15-9-11-16(12-10-15)14(2)23-19(27)13-28-21-25-24-20(26(21)3)17-7-5-6-8-18(17)22/h5-12,14H,4,13H2,1-3H3,(H,23,27)/t14-/m0/s1. The van der Waals surface area contributed by atoms with E-state index in [1.54, 1.807) is 0 Å². The van der Waals surface area contributed by atoms with Crippen molar-refractivity contribution in [1.29, 1.82) is 0 Å². The minimum absolute atomic E-state index is 0.0423. The van der Waals surface area contributed by atoms with Gasteiger partial charge in [-0.2, -0.15) is 0 Å². The molecule has 2 aromatic carbocycles. The smallest absolute Gasteiger partial charge is 0.230 e. The van der Waals surface area contributed by atoms with Gasteiger partial charge in [0.15, 0.2) is 11.0 Å². The van der Waals surface area contributed by atoms with E-state index < -0.39 is 0 Å². The molecule has 0 radical (unpaired) electrons. The van der Waals surface area contributed by atoms with Gasteiger partial charge < -0.3 is 9.88 Å². The Kier molecular flexibility index (Phi) is 6.75. The molecule has 1 aromatic heterocycles. The van der Waals surface area contributed by atoms with Crippen LogP contribution in [-0.4, -0.2) is 26.4 Å². The first kappa shape index (κ1) is 20.4. The van der Waals surface area contributed by atoms with Gasteiger partial charge in [0.2, 0.25) is 5.91 Å². The van der Waals surface area contributed by atoms with E-state index >= 15 is 0 Å². The molecule has 28 heavy (non-hydrogen) atoms. The number of nitrogens with zero attached hydrogens (tertiary/aromatic N) is 3. The van der Waals surface area contributed by atoms with Crippen LogP contribution in [0.3, 0.4) is 0 Å². The quantitative estimate of drug-likeness (QED) is 0.571. The van der Waals surface area contributed by atoms with E-state index in [-0.39, 0.29) is 17.7 Å². The van der Waals surface area contributed by atoms with Crippen LogP contribution in [0.2, 0.25) is 5.02 Å². The first-order valence-corrected chi connectivity index (χ1v) is 10.5. The lowest BCUT2D eigenvalue weighted by Crippen LogP contribution is -2.28. The Morgan fingerprint density at radius 3 is 2.57 bits per heavy atom. The Bertz CT molecular complexity index is 955. The molecule has 0 saturated carbocycles. The number of carbonyl (C=O) groups excluding carboxylic acids is 1. The number of rotatable bonds is 7. The lowest BCUT2D eigenvalue weighted by molar-refractivity contribution is -0.119. The molecule has 0 aliphatic heterocycles. The van der Waals surface area contributed by atoms with Crippen LogP contribution in [0, 0.1) is 0 Å². The minimum Gasteiger partial charge on any atom is -0.349 e. The minimum atomic E-state index is -0.0443. The first-order valence-electron chi connectivity index (χ1n) is 9.15. The van der Waals surface area contributed by atoms with E-state index in [9.17, 15) is 4.79 Å². The maximum absolute atomic E-state index is 12.4. The van der Waals surface area contributed by atoms with Crippen molar-refractivity contribution in [3.63, 3.8) is 0 Å². The molecular formula is C21H23ClN4OS. The molecule has 0 aliphatic carbocycles. The van der Waals surface area contributed by atoms with E-state index in [0.29, 0.717) is 16.0 Å². The normalized spacial score (nSPS) is 12.0. The highest BCUT2D eigenvalue weighted by molar-refractivity contribution is 7.99. The Labute approximate surface area is 174 Å². The highest BCUT2D eigenvalue weighted by atomic mass is 35.5. The number of hydrogen-bond donors (Lipinski definition) is 1. The summed E-state index contributed by atoms with van der Waals surface area (Å²) in [6.45, 7) is 4.11. The number of halogens is 1. The highest BCUT2D eigenvalue weighted by Gasteiger charge is 2.16. The molecule has 0 spiro atoms. The van der Waals surface area contributed by atoms with Crippen LogP contribution in [0.5, 0.6) is 0 Å². The number of aryl methyl sites for hydroxylation is 1. The van der Waals surface area contributed by atoms with Crippen molar-refractivity contribution in [2.45, 2.75) is 31.5 Å². The van der Waals surface area contributed by atoms with Crippen LogP contribution in [0.4, 0.5) is 0 Å². The molecule has 3 rings (SSSR count). The second kappa shape index (κ2) is 9.26. The highest BCUT2D eigenvalue weighted by Crippen LogP contribution is 2.28. The molecule has 0 aliphatic rings. The SMILES string of the molecule is CCc1ccc([C@H](C)NC(=O)CSc2nnc(-c3ccccc3Cl)n2C)cc1. The largest absolute Gasteiger partial charge is 0.349 e. The molecule has 1 atom stereocenters. The summed E-state index contributed by atoms with van der Waals surface area (Å²) in [4.78, 5) is 12.4. The molecule has 1 N–H and O–H groups in total. The predicted octanol–water partition coefficient (Wildman–Crippen LogP) is 4.67. The van der Waals surface area contributed by atoms with E-state index in [2.05, 4.69) is 46.7 Å². The van der Waals surface area contributed by atoms with Gasteiger partial charge in [0, 0.05) is 12.6 Å². The van der Waals surface area contributed by atoms with Gasteiger partial charge in [-0.15, -0.1) is 10.2 Å². The molecule has 1 amide bonds. The van der Waals surface area contributed by atoms with Crippen LogP contribution in [0.25, 0.3) is 11.4 Å². The fraction of sp³-hybridized carbons (Fsp3) is 0.286. The van der Waals surface area contributed by atoms with Crippen molar-refractivity contribution in [2.24, 2.45) is 7.05 Å². The molecular weight excluding hydrogens is 392 g/mol. The lowest BCUT2D eigenvalue weighted by Gasteiger charge is -2.14. The number of aromatic nitrogens is 3. The maximum Gasteiger partial charge on any atom is 0.230 e. The van der Waals surface area contributed by atoms with Crippen molar-refractivity contribution in [2.75, 3.05) is 5.75 Å². The Hall–Kier alpha value is -2.31. The molecule has 7 heteroatoms. The van der Waals surface area contributed by atoms with Gasteiger partial charge in [-0.05, 0) is 36.6 Å². The number of amides is 1. The number of hydrogen-bond acceptors (Lipinski definition) is 4. The first-order chi connectivity index (χ1) is 13.5. The number of nitrogens with one attached hydrogen (secondary N) is 1. The zero-order valence-electron chi connectivity index (χ0n) is 16.1. The van der Waals surface area contributed by atoms with Gasteiger partial charge in [-0.3, -0.25) is 4.79 Å². The van der Waals surface area contributed by atoms with E-state index in [0.717, 1.165) is 17.5 Å². The summed E-state index contributed by atoms with van der Waals surface area (Å²) in [7, 11) is 1.87. The Balaban J connectivity index is 1.59. The third kappa shape index (κ3) is 4.75. The van der Waals surface area contributed by atoms with Gasteiger partial charge in [0.25, 0.3) is 0 Å². The molecule has 0 unspecified atom stereocenters. The predicted molar refractivity (Wildman–Crippen MR) is 115 cm³/mol. The van der Waals surface area contributed by atoms with Gasteiger partial charge in [-0.1, -0.05) is 66.7 Å². The van der Waals surface area contributed by atoms with Crippen LogP contribution in [0.1, 0.15) is 31.0 Å². The molecule has 0 bridgehead atoms. The third-order valence-corrected chi connectivity index (χ3v) is 5.90. The number of benzene rings is 2. The third-order valence-electron chi connectivity index (χ3n) is 4.55. The second-order valence-electron chi connectivity index (χ2n) is 6.52. The van der Waals surface area contributed by atoms with Crippen molar-refractivity contribution in [1.82, 2.24) is 20.1 Å². The average Bonchev–Trinajstić information content (AvgIpc) is 3.07. The molecule has 3 aromatic rings. The van der Waals surface area contributed by atoms with E-state index in [4.69, 9.17) is 11.6 Å². The van der Waals surface area contributed by atoms with Crippen molar-refractivity contribution in [3.05, 3.63) is 64.7 Å². The summed E-state index contributed by atoms with van der Waals surface area (Å²) in [6, 6.07) is 15.8. The Morgan fingerprint density at radius 1 is 1.18 bits per heavy atom. The zero-order valence-corrected chi connectivity index (χ0v) is 17.7. The van der Waals surface area contributed by atoms with Gasteiger partial charge in [0.05, 0.1) is 16.8 Å². The fourth-order valence-corrected chi connectivity index (χ4v) is 3.80. The molecule has 146 valence electrons. The fourth-order valence-electron chi connectivity index (χ4n) is 2.86. The molecule has 0 fully saturated rings. The second-order valence-corrected chi connectivity index (χ2v) is 7.87. The molecule has 1 heterocycles. The number of carbonyl (C=O) groups is 1. The molecule has 5 nitrogen and oxygen atoms in total. The van der Waals surface area contributed by atoms with Crippen molar-refractivity contribution < 1.29 is 4.79 Å². The summed E-state index contributed by atoms with van der Waals surface area (Å²) < 4.78 is 1.85. The van der Waals surface area contributed by atoms with Gasteiger partial charge in [-0.25, -0.2) is 0 Å². The zero-order chi connectivity index (χ0) is 20.1. The van der Waals surface area contributed by atoms with E-state index in [1.807, 2.05) is 42.8 Å². The van der Waals surface area contributed by atoms with Crippen molar-refractivity contribution >= 4 is 29.3 Å². The Morgan fingerprint density at radius 2 is 1.89 bits per heavy atom. The molecule has 0 saturated heterocycles. The van der Waals surface area contributed by atoms with Gasteiger partial charge in [0.1, 0.15) is 0 Å². The summed E-state index contributed by atoms with van der Waals surface area (Å²) in [5, 5.41) is 12.7. The van der Waals surface area contributed by atoms with E-state index in [1.165, 1.54) is 17.3 Å².